The second kappa shape index (κ2) is 7.71. The van der Waals surface area contributed by atoms with Crippen molar-refractivity contribution >= 4 is 23.4 Å². The van der Waals surface area contributed by atoms with Crippen LogP contribution in [0.4, 0.5) is 0 Å². The normalized spacial score (nSPS) is 11.7. The highest BCUT2D eigenvalue weighted by atomic mass is 35.5. The largest absolute Gasteiger partial charge is 0.356 e. The molecule has 2 amide bonds. The molecule has 2 N–H and O–H groups in total. The van der Waals surface area contributed by atoms with E-state index in [9.17, 15) is 9.59 Å². The minimum atomic E-state index is -0.722. The number of nitrogens with one attached hydrogen (secondary N) is 2. The zero-order valence-electron chi connectivity index (χ0n) is 10.3. The van der Waals surface area contributed by atoms with Crippen LogP contribution in [0.1, 0.15) is 24.3 Å². The van der Waals surface area contributed by atoms with Gasteiger partial charge in [0.2, 0.25) is 11.8 Å². The number of alkyl halides is 1. The molecule has 1 aromatic carbocycles. The lowest BCUT2D eigenvalue weighted by Gasteiger charge is -2.10. The number of amides is 2. The van der Waals surface area contributed by atoms with Gasteiger partial charge in [-0.1, -0.05) is 30.3 Å². The van der Waals surface area contributed by atoms with Crippen molar-refractivity contribution in [1.29, 1.82) is 0 Å². The minimum absolute atomic E-state index is 0.0800. The molecule has 0 fully saturated rings. The minimum Gasteiger partial charge on any atom is -0.356 e. The first-order valence-corrected chi connectivity index (χ1v) is 6.32. The Morgan fingerprint density at radius 3 is 2.50 bits per heavy atom. The summed E-state index contributed by atoms with van der Waals surface area (Å²) in [4.78, 5) is 22.9. The molecule has 0 aromatic heterocycles. The summed E-state index contributed by atoms with van der Waals surface area (Å²) < 4.78 is 0. The van der Waals surface area contributed by atoms with Crippen molar-refractivity contribution < 1.29 is 9.59 Å². The van der Waals surface area contributed by atoms with Gasteiger partial charge in [0.15, 0.2) is 0 Å². The van der Waals surface area contributed by atoms with Crippen LogP contribution >= 0.6 is 11.6 Å². The van der Waals surface area contributed by atoms with Gasteiger partial charge in [0.05, 0.1) is 0 Å². The molecule has 0 aliphatic carbocycles. The van der Waals surface area contributed by atoms with E-state index < -0.39 is 5.38 Å². The van der Waals surface area contributed by atoms with E-state index in [1.807, 2.05) is 25.1 Å². The van der Waals surface area contributed by atoms with E-state index in [2.05, 4.69) is 10.6 Å². The van der Waals surface area contributed by atoms with Gasteiger partial charge in [-0.15, -0.1) is 11.6 Å². The van der Waals surface area contributed by atoms with Crippen LogP contribution in [0.5, 0.6) is 0 Å². The van der Waals surface area contributed by atoms with Crippen molar-refractivity contribution in [3.63, 3.8) is 0 Å². The highest BCUT2D eigenvalue weighted by Crippen LogP contribution is 2.19. The molecule has 0 bridgehead atoms. The van der Waals surface area contributed by atoms with Gasteiger partial charge in [-0.05, 0) is 12.5 Å². The molecule has 1 unspecified atom stereocenters. The van der Waals surface area contributed by atoms with Gasteiger partial charge in [-0.3, -0.25) is 9.59 Å². The smallest absolute Gasteiger partial charge is 0.242 e. The first-order chi connectivity index (χ1) is 8.65. The summed E-state index contributed by atoms with van der Waals surface area (Å²) in [5.74, 6) is -0.365. The number of hydrogen-bond acceptors (Lipinski definition) is 2. The second-order valence-electron chi connectivity index (χ2n) is 3.77. The topological polar surface area (TPSA) is 58.2 Å². The number of rotatable bonds is 6. The Morgan fingerprint density at radius 2 is 1.89 bits per heavy atom. The molecule has 0 radical (unpaired) electrons. The molecule has 0 spiro atoms. The van der Waals surface area contributed by atoms with E-state index in [-0.39, 0.29) is 18.2 Å². The number of carbonyl (C=O) groups is 2. The number of halogens is 1. The van der Waals surface area contributed by atoms with E-state index in [0.717, 1.165) is 5.56 Å². The van der Waals surface area contributed by atoms with E-state index in [1.165, 1.54) is 0 Å². The van der Waals surface area contributed by atoms with Crippen molar-refractivity contribution in [3.05, 3.63) is 35.9 Å². The van der Waals surface area contributed by atoms with Crippen molar-refractivity contribution in [2.24, 2.45) is 0 Å². The molecule has 0 aliphatic rings. The highest BCUT2D eigenvalue weighted by molar-refractivity contribution is 6.30. The zero-order valence-corrected chi connectivity index (χ0v) is 11.0. The molecule has 0 saturated heterocycles. The fourth-order valence-corrected chi connectivity index (χ4v) is 1.67. The predicted octanol–water partition coefficient (Wildman–Crippen LogP) is 1.61. The Hall–Kier alpha value is -1.55. The summed E-state index contributed by atoms with van der Waals surface area (Å²) in [5.41, 5.74) is 0.745. The average molecular weight is 269 g/mol. The zero-order chi connectivity index (χ0) is 13.4. The van der Waals surface area contributed by atoms with Crippen LogP contribution in [0.3, 0.4) is 0 Å². The maximum absolute atomic E-state index is 11.7. The Kier molecular flexibility index (Phi) is 6.22. The number of benzene rings is 1. The Morgan fingerprint density at radius 1 is 1.22 bits per heavy atom. The van der Waals surface area contributed by atoms with Crippen LogP contribution in [0.15, 0.2) is 30.3 Å². The van der Waals surface area contributed by atoms with Crippen LogP contribution in [-0.2, 0) is 9.59 Å². The molecular weight excluding hydrogens is 252 g/mol. The maximum atomic E-state index is 11.7. The lowest BCUT2D eigenvalue weighted by Crippen LogP contribution is -2.32. The Labute approximate surface area is 112 Å². The number of carbonyl (C=O) groups excluding carboxylic acids is 2. The van der Waals surface area contributed by atoms with Crippen LogP contribution in [0.25, 0.3) is 0 Å². The molecule has 18 heavy (non-hydrogen) atoms. The summed E-state index contributed by atoms with van der Waals surface area (Å²) in [6.07, 6.45) is 0.262. The average Bonchev–Trinajstić information content (AvgIpc) is 2.39. The van der Waals surface area contributed by atoms with E-state index in [1.54, 1.807) is 12.1 Å². The Bertz CT molecular complexity index is 395. The third kappa shape index (κ3) is 4.75. The molecule has 1 atom stereocenters. The van der Waals surface area contributed by atoms with Crippen molar-refractivity contribution in [3.8, 4) is 0 Å². The maximum Gasteiger partial charge on any atom is 0.242 e. The van der Waals surface area contributed by atoms with E-state index in [0.29, 0.717) is 13.1 Å². The van der Waals surface area contributed by atoms with Gasteiger partial charge in [0.25, 0.3) is 0 Å². The van der Waals surface area contributed by atoms with Gasteiger partial charge < -0.3 is 10.6 Å². The summed E-state index contributed by atoms with van der Waals surface area (Å²) in [7, 11) is 0. The standard InChI is InChI=1S/C13H17ClN2O2/c1-2-15-11(17)8-9-16-13(18)12(14)10-6-4-3-5-7-10/h3-7,12H,2,8-9H2,1H3,(H,15,17)(H,16,18). The summed E-state index contributed by atoms with van der Waals surface area (Å²) in [5, 5.41) is 4.57. The third-order valence-corrected chi connectivity index (χ3v) is 2.80. The molecule has 0 saturated carbocycles. The SMILES string of the molecule is CCNC(=O)CCNC(=O)C(Cl)c1ccccc1. The molecule has 1 rings (SSSR count). The van der Waals surface area contributed by atoms with Gasteiger partial charge in [0.1, 0.15) is 5.38 Å². The first kappa shape index (κ1) is 14.5. The fourth-order valence-electron chi connectivity index (χ4n) is 1.45. The van der Waals surface area contributed by atoms with Gasteiger partial charge >= 0.3 is 0 Å². The van der Waals surface area contributed by atoms with Crippen molar-refractivity contribution in [2.75, 3.05) is 13.1 Å². The summed E-state index contributed by atoms with van der Waals surface area (Å²) in [6, 6.07) is 9.10. The summed E-state index contributed by atoms with van der Waals surface area (Å²) in [6.45, 7) is 2.73. The van der Waals surface area contributed by atoms with E-state index in [4.69, 9.17) is 11.6 Å². The van der Waals surface area contributed by atoms with Crippen LogP contribution < -0.4 is 10.6 Å². The van der Waals surface area contributed by atoms with Crippen LogP contribution in [0, 0.1) is 0 Å². The fraction of sp³-hybridized carbons (Fsp3) is 0.385. The van der Waals surface area contributed by atoms with Crippen molar-refractivity contribution in [2.45, 2.75) is 18.7 Å². The van der Waals surface area contributed by atoms with E-state index >= 15 is 0 Å². The van der Waals surface area contributed by atoms with Gasteiger partial charge in [-0.25, -0.2) is 0 Å². The lowest BCUT2D eigenvalue weighted by atomic mass is 10.1. The Balaban J connectivity index is 2.35. The number of hydrogen-bond donors (Lipinski definition) is 2. The van der Waals surface area contributed by atoms with Crippen molar-refractivity contribution in [1.82, 2.24) is 10.6 Å². The molecular formula is C13H17ClN2O2. The molecule has 0 aliphatic heterocycles. The molecule has 5 heteroatoms. The highest BCUT2D eigenvalue weighted by Gasteiger charge is 2.16. The van der Waals surface area contributed by atoms with Crippen LogP contribution in [-0.4, -0.2) is 24.9 Å². The second-order valence-corrected chi connectivity index (χ2v) is 4.20. The van der Waals surface area contributed by atoms with Crippen LogP contribution in [0.2, 0.25) is 0 Å². The third-order valence-electron chi connectivity index (χ3n) is 2.35. The quantitative estimate of drug-likeness (QED) is 0.770. The monoisotopic (exact) mass is 268 g/mol. The summed E-state index contributed by atoms with van der Waals surface area (Å²) >= 11 is 6.02. The molecule has 0 heterocycles. The van der Waals surface area contributed by atoms with Gasteiger partial charge in [0, 0.05) is 19.5 Å². The molecule has 4 nitrogen and oxygen atoms in total. The lowest BCUT2D eigenvalue weighted by molar-refractivity contribution is -0.122. The molecule has 98 valence electrons. The molecule has 1 aromatic rings. The van der Waals surface area contributed by atoms with Gasteiger partial charge in [-0.2, -0.15) is 0 Å². The predicted molar refractivity (Wildman–Crippen MR) is 71.3 cm³/mol. The first-order valence-electron chi connectivity index (χ1n) is 5.88.